The van der Waals surface area contributed by atoms with Crippen molar-refractivity contribution in [1.29, 1.82) is 0 Å². The summed E-state index contributed by atoms with van der Waals surface area (Å²) in [5, 5.41) is 7.32. The lowest BCUT2D eigenvalue weighted by Crippen LogP contribution is -2.28. The van der Waals surface area contributed by atoms with Gasteiger partial charge >= 0.3 is 0 Å². The van der Waals surface area contributed by atoms with E-state index in [1.165, 1.54) is 12.8 Å². The van der Waals surface area contributed by atoms with Crippen LogP contribution in [0, 0.1) is 6.92 Å². The van der Waals surface area contributed by atoms with Crippen molar-refractivity contribution in [2.45, 2.75) is 32.6 Å². The van der Waals surface area contributed by atoms with E-state index in [2.05, 4.69) is 15.6 Å². The van der Waals surface area contributed by atoms with Gasteiger partial charge in [0.2, 0.25) is 0 Å². The normalized spacial score (nSPS) is 20.2. The highest BCUT2D eigenvalue weighted by Crippen LogP contribution is 2.29. The molecule has 0 spiro atoms. The molecule has 0 aromatic carbocycles. The Morgan fingerprint density at radius 1 is 1.65 bits per heavy atom. The number of piperidine rings is 1. The van der Waals surface area contributed by atoms with Gasteiger partial charge < -0.3 is 10.6 Å². The summed E-state index contributed by atoms with van der Waals surface area (Å²) in [6.07, 6.45) is 2.37. The first-order valence-corrected chi connectivity index (χ1v) is 7.00. The zero-order valence-corrected chi connectivity index (χ0v) is 11.2. The second kappa shape index (κ2) is 5.60. The van der Waals surface area contributed by atoms with E-state index in [1.54, 1.807) is 11.3 Å². The van der Waals surface area contributed by atoms with E-state index in [1.807, 2.05) is 13.8 Å². The Kier molecular flexibility index (Phi) is 4.12. The number of aryl methyl sites for hydroxylation is 1. The fraction of sp³-hybridized carbons (Fsp3) is 0.667. The lowest BCUT2D eigenvalue weighted by atomic mass is 10.0. The Hall–Kier alpha value is -0.940. The van der Waals surface area contributed by atoms with Gasteiger partial charge in [0.25, 0.3) is 5.91 Å². The van der Waals surface area contributed by atoms with Crippen LogP contribution in [0.5, 0.6) is 0 Å². The molecule has 5 heteroatoms. The number of hydrogen-bond acceptors (Lipinski definition) is 4. The van der Waals surface area contributed by atoms with Gasteiger partial charge in [-0.1, -0.05) is 0 Å². The number of amides is 1. The largest absolute Gasteiger partial charge is 0.352 e. The molecular weight excluding hydrogens is 234 g/mol. The van der Waals surface area contributed by atoms with Gasteiger partial charge in [0.05, 0.1) is 10.7 Å². The van der Waals surface area contributed by atoms with Crippen molar-refractivity contribution >= 4 is 17.2 Å². The monoisotopic (exact) mass is 253 g/mol. The Balaban J connectivity index is 2.14. The lowest BCUT2D eigenvalue weighted by molar-refractivity contribution is 0.0959. The molecule has 1 aromatic rings. The van der Waals surface area contributed by atoms with Crippen molar-refractivity contribution in [2.24, 2.45) is 0 Å². The van der Waals surface area contributed by atoms with Crippen molar-refractivity contribution in [3.05, 3.63) is 15.6 Å². The average molecular weight is 253 g/mol. The van der Waals surface area contributed by atoms with E-state index in [-0.39, 0.29) is 5.91 Å². The van der Waals surface area contributed by atoms with E-state index < -0.39 is 0 Å². The molecule has 17 heavy (non-hydrogen) atoms. The number of aromatic nitrogens is 1. The molecule has 1 amide bonds. The quantitative estimate of drug-likeness (QED) is 0.861. The first kappa shape index (κ1) is 12.5. The summed E-state index contributed by atoms with van der Waals surface area (Å²) in [7, 11) is 0. The first-order valence-electron chi connectivity index (χ1n) is 6.18. The molecule has 0 radical (unpaired) electrons. The van der Waals surface area contributed by atoms with Gasteiger partial charge in [-0.3, -0.25) is 4.79 Å². The number of nitrogens with one attached hydrogen (secondary N) is 2. The number of nitrogens with zero attached hydrogens (tertiary/aromatic N) is 1. The standard InChI is InChI=1S/C12H19N3OS/c1-3-14-11(16)10-8(2)15-12(17-10)9-5-4-6-13-7-9/h9,13H,3-7H2,1-2H3,(H,14,16)/t9-/m1/s1. The SMILES string of the molecule is CCNC(=O)c1sc([C@@H]2CCCNC2)nc1C. The fourth-order valence-corrected chi connectivity index (χ4v) is 3.22. The summed E-state index contributed by atoms with van der Waals surface area (Å²) in [5.41, 5.74) is 0.863. The summed E-state index contributed by atoms with van der Waals surface area (Å²) < 4.78 is 0. The Morgan fingerprint density at radius 2 is 2.47 bits per heavy atom. The number of thiazole rings is 1. The van der Waals surface area contributed by atoms with Crippen molar-refractivity contribution in [3.63, 3.8) is 0 Å². The molecule has 2 heterocycles. The van der Waals surface area contributed by atoms with Crippen molar-refractivity contribution < 1.29 is 4.79 Å². The second-order valence-corrected chi connectivity index (χ2v) is 5.40. The Labute approximate surface area is 106 Å². The molecule has 1 saturated heterocycles. The lowest BCUT2D eigenvalue weighted by Gasteiger charge is -2.20. The van der Waals surface area contributed by atoms with Crippen LogP contribution < -0.4 is 10.6 Å². The van der Waals surface area contributed by atoms with Crippen LogP contribution in [-0.4, -0.2) is 30.5 Å². The third-order valence-electron chi connectivity index (χ3n) is 3.00. The maximum absolute atomic E-state index is 11.8. The van der Waals surface area contributed by atoms with E-state index in [4.69, 9.17) is 0 Å². The average Bonchev–Trinajstić information content (AvgIpc) is 2.73. The topological polar surface area (TPSA) is 54.0 Å². The van der Waals surface area contributed by atoms with Crippen molar-refractivity contribution in [3.8, 4) is 0 Å². The zero-order chi connectivity index (χ0) is 12.3. The molecule has 1 fully saturated rings. The molecule has 4 nitrogen and oxygen atoms in total. The van der Waals surface area contributed by atoms with Gasteiger partial charge in [0.1, 0.15) is 4.88 Å². The minimum atomic E-state index is 0.0116. The van der Waals surface area contributed by atoms with Crippen LogP contribution in [0.15, 0.2) is 0 Å². The Morgan fingerprint density at radius 3 is 3.12 bits per heavy atom. The van der Waals surface area contributed by atoms with Crippen molar-refractivity contribution in [1.82, 2.24) is 15.6 Å². The van der Waals surface area contributed by atoms with Gasteiger partial charge in [-0.05, 0) is 33.2 Å². The molecule has 1 aliphatic rings. The maximum Gasteiger partial charge on any atom is 0.263 e. The minimum absolute atomic E-state index is 0.0116. The van der Waals surface area contributed by atoms with Gasteiger partial charge in [-0.25, -0.2) is 4.98 Å². The second-order valence-electron chi connectivity index (χ2n) is 4.37. The highest BCUT2D eigenvalue weighted by Gasteiger charge is 2.22. The first-order chi connectivity index (χ1) is 8.22. The maximum atomic E-state index is 11.8. The number of hydrogen-bond donors (Lipinski definition) is 2. The molecule has 1 atom stereocenters. The van der Waals surface area contributed by atoms with Crippen LogP contribution in [0.1, 0.15) is 46.1 Å². The third kappa shape index (κ3) is 2.84. The summed E-state index contributed by atoms with van der Waals surface area (Å²) in [6, 6.07) is 0. The molecule has 0 aliphatic carbocycles. The molecule has 0 bridgehead atoms. The van der Waals surface area contributed by atoms with Crippen LogP contribution in [0.2, 0.25) is 0 Å². The molecule has 1 aromatic heterocycles. The van der Waals surface area contributed by atoms with Crippen LogP contribution in [0.4, 0.5) is 0 Å². The number of rotatable bonds is 3. The molecule has 1 aliphatic heterocycles. The fourth-order valence-electron chi connectivity index (χ4n) is 2.11. The highest BCUT2D eigenvalue weighted by atomic mass is 32.1. The molecule has 0 unspecified atom stereocenters. The smallest absolute Gasteiger partial charge is 0.263 e. The van der Waals surface area contributed by atoms with Crippen LogP contribution in [0.25, 0.3) is 0 Å². The Bertz CT molecular complexity index is 396. The summed E-state index contributed by atoms with van der Waals surface area (Å²) >= 11 is 1.55. The zero-order valence-electron chi connectivity index (χ0n) is 10.4. The molecule has 2 N–H and O–H groups in total. The summed E-state index contributed by atoms with van der Waals surface area (Å²) in [5.74, 6) is 0.494. The minimum Gasteiger partial charge on any atom is -0.352 e. The molecule has 94 valence electrons. The van der Waals surface area contributed by atoms with Crippen LogP contribution in [-0.2, 0) is 0 Å². The molecule has 2 rings (SSSR count). The van der Waals surface area contributed by atoms with Gasteiger partial charge in [0, 0.05) is 19.0 Å². The van der Waals surface area contributed by atoms with Gasteiger partial charge in [-0.15, -0.1) is 11.3 Å². The van der Waals surface area contributed by atoms with E-state index >= 15 is 0 Å². The van der Waals surface area contributed by atoms with E-state index in [0.717, 1.165) is 28.7 Å². The van der Waals surface area contributed by atoms with Gasteiger partial charge in [0.15, 0.2) is 0 Å². The predicted molar refractivity (Wildman–Crippen MR) is 69.7 cm³/mol. The van der Waals surface area contributed by atoms with Crippen LogP contribution >= 0.6 is 11.3 Å². The van der Waals surface area contributed by atoms with Gasteiger partial charge in [-0.2, -0.15) is 0 Å². The molecule has 0 saturated carbocycles. The predicted octanol–water partition coefficient (Wildman–Crippen LogP) is 1.67. The van der Waals surface area contributed by atoms with Crippen molar-refractivity contribution in [2.75, 3.05) is 19.6 Å². The highest BCUT2D eigenvalue weighted by molar-refractivity contribution is 7.13. The van der Waals surface area contributed by atoms with E-state index in [0.29, 0.717) is 12.5 Å². The number of carbonyl (C=O) groups excluding carboxylic acids is 1. The summed E-state index contributed by atoms with van der Waals surface area (Å²) in [4.78, 5) is 17.1. The molecular formula is C12H19N3OS. The van der Waals surface area contributed by atoms with Crippen LogP contribution in [0.3, 0.4) is 0 Å². The number of carbonyl (C=O) groups is 1. The summed E-state index contributed by atoms with van der Waals surface area (Å²) in [6.45, 7) is 6.60. The third-order valence-corrected chi connectivity index (χ3v) is 4.32. The van der Waals surface area contributed by atoms with E-state index in [9.17, 15) is 4.79 Å².